The zero-order valence-corrected chi connectivity index (χ0v) is 29.1. The minimum Gasteiger partial charge on any atom is -0.351 e. The molecule has 4 bridgehead atoms. The van der Waals surface area contributed by atoms with E-state index in [2.05, 4.69) is 25.9 Å². The van der Waals surface area contributed by atoms with Gasteiger partial charge in [0.05, 0.1) is 23.5 Å². The standard InChI is InChI=1S/C33H36N6O6S3/c1-20(2)28-32-37-25(18-47-32)29(41)34-14-7-15-39(33(43)22-10-12-23(13-11-22)48(3,44)45)17-27(40)35-24(16-21-8-5-4-6-9-21)31-36-26(19-46-31)30(42)38-28/h4-6,8-13,18-20,24,28H,7,14-17H2,1-3H3,(H,34,41)(H,35,40)(H,38,42)/t24-,28-/m0/s1. The molecular formula is C33H36N6O6S3. The van der Waals surface area contributed by atoms with Gasteiger partial charge in [0.2, 0.25) is 5.91 Å². The fourth-order valence-electron chi connectivity index (χ4n) is 5.12. The number of amides is 4. The minimum atomic E-state index is -3.47. The molecule has 0 aliphatic carbocycles. The minimum absolute atomic E-state index is 0.0283. The molecule has 1 aliphatic rings. The maximum Gasteiger partial charge on any atom is 0.271 e. The summed E-state index contributed by atoms with van der Waals surface area (Å²) in [5.41, 5.74) is 1.56. The predicted octanol–water partition coefficient (Wildman–Crippen LogP) is 3.81. The number of carbonyl (C=O) groups excluding carboxylic acids is 4. The fraction of sp³-hybridized carbons (Fsp3) is 0.333. The third kappa shape index (κ3) is 8.70. The number of benzene rings is 2. The molecule has 0 saturated carbocycles. The van der Waals surface area contributed by atoms with Crippen molar-refractivity contribution in [1.29, 1.82) is 0 Å². The molecule has 2 aromatic carbocycles. The van der Waals surface area contributed by atoms with Gasteiger partial charge in [0.1, 0.15) is 21.4 Å². The van der Waals surface area contributed by atoms with Crippen LogP contribution in [0.3, 0.4) is 0 Å². The van der Waals surface area contributed by atoms with Crippen LogP contribution in [-0.4, -0.2) is 72.8 Å². The van der Waals surface area contributed by atoms with Crippen LogP contribution in [0.5, 0.6) is 0 Å². The molecule has 2 atom stereocenters. The Morgan fingerprint density at radius 3 is 2.23 bits per heavy atom. The van der Waals surface area contributed by atoms with Gasteiger partial charge < -0.3 is 20.9 Å². The van der Waals surface area contributed by atoms with Crippen molar-refractivity contribution < 1.29 is 27.6 Å². The Labute approximate surface area is 286 Å². The maximum absolute atomic E-state index is 13.7. The first-order valence-corrected chi connectivity index (χ1v) is 19.0. The van der Waals surface area contributed by atoms with Crippen molar-refractivity contribution in [2.75, 3.05) is 25.9 Å². The summed E-state index contributed by atoms with van der Waals surface area (Å²) < 4.78 is 23.9. The molecular weight excluding hydrogens is 673 g/mol. The van der Waals surface area contributed by atoms with Crippen molar-refractivity contribution in [3.05, 3.63) is 97.9 Å². The van der Waals surface area contributed by atoms with Crippen molar-refractivity contribution >= 4 is 56.1 Å². The molecule has 5 rings (SSSR count). The van der Waals surface area contributed by atoms with Crippen molar-refractivity contribution in [1.82, 2.24) is 30.8 Å². The molecule has 0 fully saturated rings. The monoisotopic (exact) mass is 708 g/mol. The zero-order valence-electron chi connectivity index (χ0n) is 26.6. The molecule has 48 heavy (non-hydrogen) atoms. The van der Waals surface area contributed by atoms with Gasteiger partial charge in [0, 0.05) is 35.7 Å². The highest BCUT2D eigenvalue weighted by molar-refractivity contribution is 7.90. The molecule has 12 nitrogen and oxygen atoms in total. The molecule has 0 unspecified atom stereocenters. The van der Waals surface area contributed by atoms with Crippen LogP contribution in [0.4, 0.5) is 0 Å². The number of rotatable bonds is 5. The Morgan fingerprint density at radius 2 is 1.56 bits per heavy atom. The second-order valence-electron chi connectivity index (χ2n) is 11.8. The quantitative estimate of drug-likeness (QED) is 0.282. The topological polar surface area (TPSA) is 168 Å². The second-order valence-corrected chi connectivity index (χ2v) is 15.6. The molecule has 4 amide bonds. The van der Waals surface area contributed by atoms with Crippen LogP contribution >= 0.6 is 22.7 Å². The fourth-order valence-corrected chi connectivity index (χ4v) is 7.62. The van der Waals surface area contributed by atoms with Gasteiger partial charge in [-0.25, -0.2) is 18.4 Å². The summed E-state index contributed by atoms with van der Waals surface area (Å²) in [5.74, 6) is -1.75. The van der Waals surface area contributed by atoms with E-state index in [1.165, 1.54) is 51.8 Å². The van der Waals surface area contributed by atoms with Crippen LogP contribution in [0.25, 0.3) is 0 Å². The van der Waals surface area contributed by atoms with Crippen molar-refractivity contribution in [2.45, 2.75) is 43.7 Å². The first-order valence-electron chi connectivity index (χ1n) is 15.3. The van der Waals surface area contributed by atoms with Gasteiger partial charge in [-0.05, 0) is 48.6 Å². The second kappa shape index (κ2) is 15.2. The first kappa shape index (κ1) is 34.9. The van der Waals surface area contributed by atoms with Crippen LogP contribution < -0.4 is 16.0 Å². The molecule has 252 valence electrons. The summed E-state index contributed by atoms with van der Waals surface area (Å²) in [4.78, 5) is 64.2. The summed E-state index contributed by atoms with van der Waals surface area (Å²) in [6.45, 7) is 3.92. The molecule has 3 heterocycles. The number of aromatic nitrogens is 2. The van der Waals surface area contributed by atoms with E-state index in [1.807, 2.05) is 44.2 Å². The number of thiazole rings is 2. The lowest BCUT2D eigenvalue weighted by Crippen LogP contribution is -2.43. The van der Waals surface area contributed by atoms with Crippen molar-refractivity contribution in [3.8, 4) is 0 Å². The number of carbonyl (C=O) groups is 4. The smallest absolute Gasteiger partial charge is 0.271 e. The van der Waals surface area contributed by atoms with Crippen LogP contribution in [0.2, 0.25) is 0 Å². The van der Waals surface area contributed by atoms with Gasteiger partial charge in [0.15, 0.2) is 9.84 Å². The average molecular weight is 709 g/mol. The molecule has 0 radical (unpaired) electrons. The highest BCUT2D eigenvalue weighted by Crippen LogP contribution is 2.27. The predicted molar refractivity (Wildman–Crippen MR) is 183 cm³/mol. The number of nitrogens with zero attached hydrogens (tertiary/aromatic N) is 3. The van der Waals surface area contributed by atoms with E-state index >= 15 is 0 Å². The Balaban J connectivity index is 1.47. The van der Waals surface area contributed by atoms with Crippen LogP contribution in [0.1, 0.15) is 79.3 Å². The average Bonchev–Trinajstić information content (AvgIpc) is 3.75. The van der Waals surface area contributed by atoms with E-state index in [0.29, 0.717) is 22.9 Å². The van der Waals surface area contributed by atoms with Gasteiger partial charge in [-0.15, -0.1) is 22.7 Å². The van der Waals surface area contributed by atoms with E-state index in [4.69, 9.17) is 0 Å². The number of fused-ring (bicyclic) bond motifs is 4. The van der Waals surface area contributed by atoms with E-state index in [9.17, 15) is 27.6 Å². The maximum atomic E-state index is 13.7. The Hall–Kier alpha value is -4.47. The number of hydrogen-bond acceptors (Lipinski definition) is 10. The Morgan fingerprint density at radius 1 is 0.917 bits per heavy atom. The number of sulfone groups is 1. The Kier molecular flexibility index (Phi) is 11.0. The summed E-state index contributed by atoms with van der Waals surface area (Å²) in [6, 6.07) is 14.0. The SMILES string of the molecule is CC(C)[C@@H]1NC(=O)c2csc(n2)[C@H](Cc2ccccc2)NC(=O)CN(C(=O)c2ccc(S(C)(=O)=O)cc2)CCCNC(=O)c2csc1n2. The molecule has 0 saturated heterocycles. The van der Waals surface area contributed by atoms with Crippen LogP contribution in [0.15, 0.2) is 70.3 Å². The summed E-state index contributed by atoms with van der Waals surface area (Å²) >= 11 is 2.53. The summed E-state index contributed by atoms with van der Waals surface area (Å²) in [7, 11) is -3.47. The lowest BCUT2D eigenvalue weighted by Gasteiger charge is -2.24. The zero-order chi connectivity index (χ0) is 34.4. The molecule has 4 aromatic rings. The Bertz CT molecular complexity index is 1890. The van der Waals surface area contributed by atoms with Crippen LogP contribution in [-0.2, 0) is 21.1 Å². The normalized spacial score (nSPS) is 18.2. The first-order chi connectivity index (χ1) is 22.9. The van der Waals surface area contributed by atoms with Gasteiger partial charge >= 0.3 is 0 Å². The lowest BCUT2D eigenvalue weighted by molar-refractivity contribution is -0.122. The third-order valence-electron chi connectivity index (χ3n) is 7.69. The largest absolute Gasteiger partial charge is 0.351 e. The lowest BCUT2D eigenvalue weighted by atomic mass is 10.0. The number of nitrogens with one attached hydrogen (secondary N) is 3. The highest BCUT2D eigenvalue weighted by atomic mass is 32.2. The third-order valence-corrected chi connectivity index (χ3v) is 10.7. The van der Waals surface area contributed by atoms with E-state index < -0.39 is 45.5 Å². The van der Waals surface area contributed by atoms with E-state index in [0.717, 1.165) is 11.8 Å². The van der Waals surface area contributed by atoms with Crippen LogP contribution in [0, 0.1) is 5.92 Å². The van der Waals surface area contributed by atoms with Gasteiger partial charge in [0.25, 0.3) is 17.7 Å². The molecule has 3 N–H and O–H groups in total. The number of hydrogen-bond donors (Lipinski definition) is 3. The molecule has 2 aromatic heterocycles. The van der Waals surface area contributed by atoms with Gasteiger partial charge in [-0.3, -0.25) is 19.2 Å². The van der Waals surface area contributed by atoms with Crippen molar-refractivity contribution in [3.63, 3.8) is 0 Å². The van der Waals surface area contributed by atoms with Gasteiger partial charge in [-0.2, -0.15) is 0 Å². The summed E-state index contributed by atoms with van der Waals surface area (Å²) in [5, 5.41) is 13.2. The van der Waals surface area contributed by atoms with E-state index in [1.54, 1.807) is 10.8 Å². The molecule has 1 aliphatic heterocycles. The highest BCUT2D eigenvalue weighted by Gasteiger charge is 2.28. The van der Waals surface area contributed by atoms with Gasteiger partial charge in [-0.1, -0.05) is 44.2 Å². The van der Waals surface area contributed by atoms with E-state index in [-0.39, 0.29) is 47.4 Å². The van der Waals surface area contributed by atoms with Crippen molar-refractivity contribution in [2.24, 2.45) is 5.92 Å². The molecule has 0 spiro atoms. The summed E-state index contributed by atoms with van der Waals surface area (Å²) in [6.07, 6.45) is 1.81. The molecule has 15 heteroatoms.